The van der Waals surface area contributed by atoms with E-state index in [2.05, 4.69) is 10.2 Å². The standard InChI is InChI=1S/C21H29N3O5S2/c1-16-18(19(25)22-9-5-12-23-10-2-3-11-23)21(29-20(16)26)7-13-24(14-8-21)31(27,28)17-6-4-15-30-17/h4,6,15H,2-3,5,7-14H2,1H3,(H,22,25). The molecule has 0 unspecified atom stereocenters. The van der Waals surface area contributed by atoms with E-state index in [0.717, 1.165) is 26.1 Å². The molecule has 0 aromatic carbocycles. The van der Waals surface area contributed by atoms with Gasteiger partial charge in [-0.2, -0.15) is 4.31 Å². The molecule has 1 amide bonds. The molecule has 1 N–H and O–H groups in total. The van der Waals surface area contributed by atoms with Crippen LogP contribution in [-0.2, 0) is 24.3 Å². The summed E-state index contributed by atoms with van der Waals surface area (Å²) in [6.45, 7) is 5.75. The predicted octanol–water partition coefficient (Wildman–Crippen LogP) is 1.75. The minimum atomic E-state index is -3.57. The molecule has 2 saturated heterocycles. The second-order valence-corrected chi connectivity index (χ2v) is 11.5. The third-order valence-electron chi connectivity index (χ3n) is 6.41. The topological polar surface area (TPSA) is 96.0 Å². The summed E-state index contributed by atoms with van der Waals surface area (Å²) in [6.07, 6.45) is 3.88. The number of sulfonamides is 1. The van der Waals surface area contributed by atoms with Gasteiger partial charge in [0.15, 0.2) is 0 Å². The molecule has 1 aromatic rings. The van der Waals surface area contributed by atoms with Gasteiger partial charge in [-0.25, -0.2) is 13.2 Å². The normalized spacial score (nSPS) is 22.3. The molecule has 3 aliphatic rings. The van der Waals surface area contributed by atoms with Gasteiger partial charge in [0.25, 0.3) is 15.9 Å². The van der Waals surface area contributed by atoms with Crippen LogP contribution in [0.25, 0.3) is 0 Å². The summed E-state index contributed by atoms with van der Waals surface area (Å²) < 4.78 is 33.0. The zero-order chi connectivity index (χ0) is 22.1. The van der Waals surface area contributed by atoms with Crippen LogP contribution in [0.1, 0.15) is 39.0 Å². The highest BCUT2D eigenvalue weighted by Gasteiger charge is 2.52. The van der Waals surface area contributed by atoms with Crippen LogP contribution >= 0.6 is 11.3 Å². The Morgan fingerprint density at radius 2 is 1.94 bits per heavy atom. The van der Waals surface area contributed by atoms with Gasteiger partial charge in [0.1, 0.15) is 9.81 Å². The summed E-state index contributed by atoms with van der Waals surface area (Å²) in [4.78, 5) is 27.7. The lowest BCUT2D eigenvalue weighted by Gasteiger charge is -2.38. The Morgan fingerprint density at radius 3 is 2.58 bits per heavy atom. The van der Waals surface area contributed by atoms with Gasteiger partial charge in [-0.1, -0.05) is 6.07 Å². The number of thiophene rings is 1. The highest BCUT2D eigenvalue weighted by molar-refractivity contribution is 7.91. The van der Waals surface area contributed by atoms with Crippen LogP contribution in [0.5, 0.6) is 0 Å². The lowest BCUT2D eigenvalue weighted by atomic mass is 9.83. The number of carbonyl (C=O) groups excluding carboxylic acids is 2. The lowest BCUT2D eigenvalue weighted by Crippen LogP contribution is -2.50. The summed E-state index contributed by atoms with van der Waals surface area (Å²) >= 11 is 1.18. The molecular weight excluding hydrogens is 438 g/mol. The van der Waals surface area contributed by atoms with E-state index in [1.165, 1.54) is 28.5 Å². The van der Waals surface area contributed by atoms with Gasteiger partial charge in [-0.05, 0) is 57.3 Å². The molecule has 31 heavy (non-hydrogen) atoms. The van der Waals surface area contributed by atoms with E-state index in [-0.39, 0.29) is 31.8 Å². The van der Waals surface area contributed by atoms with Crippen molar-refractivity contribution in [3.05, 3.63) is 28.7 Å². The number of amides is 1. The maximum Gasteiger partial charge on any atom is 0.335 e. The van der Waals surface area contributed by atoms with Crippen molar-refractivity contribution < 1.29 is 22.7 Å². The summed E-state index contributed by atoms with van der Waals surface area (Å²) in [5, 5.41) is 4.68. The second-order valence-electron chi connectivity index (χ2n) is 8.38. The maximum absolute atomic E-state index is 13.0. The van der Waals surface area contributed by atoms with Gasteiger partial charge < -0.3 is 15.0 Å². The average molecular weight is 468 g/mol. The first-order valence-corrected chi connectivity index (χ1v) is 13.1. The molecule has 10 heteroatoms. The number of nitrogens with zero attached hydrogens (tertiary/aromatic N) is 2. The van der Waals surface area contributed by atoms with E-state index in [4.69, 9.17) is 4.74 Å². The fourth-order valence-corrected chi connectivity index (χ4v) is 7.29. The Kier molecular flexibility index (Phi) is 6.52. The Morgan fingerprint density at radius 1 is 1.23 bits per heavy atom. The molecule has 1 aromatic heterocycles. The van der Waals surface area contributed by atoms with Crippen LogP contribution in [0.3, 0.4) is 0 Å². The molecular formula is C21H29N3O5S2. The van der Waals surface area contributed by atoms with Crippen molar-refractivity contribution in [2.75, 3.05) is 39.3 Å². The molecule has 4 heterocycles. The van der Waals surface area contributed by atoms with E-state index in [1.54, 1.807) is 24.4 Å². The van der Waals surface area contributed by atoms with Gasteiger partial charge >= 0.3 is 5.97 Å². The minimum Gasteiger partial charge on any atom is -0.450 e. The number of hydrogen-bond acceptors (Lipinski definition) is 7. The maximum atomic E-state index is 13.0. The van der Waals surface area contributed by atoms with Crippen LogP contribution < -0.4 is 5.32 Å². The Labute approximate surface area is 187 Å². The van der Waals surface area contributed by atoms with Gasteiger partial charge in [-0.15, -0.1) is 11.3 Å². The van der Waals surface area contributed by atoms with Crippen molar-refractivity contribution in [2.45, 2.75) is 48.8 Å². The molecule has 170 valence electrons. The van der Waals surface area contributed by atoms with E-state index in [9.17, 15) is 18.0 Å². The summed E-state index contributed by atoms with van der Waals surface area (Å²) in [5.41, 5.74) is -0.347. The largest absolute Gasteiger partial charge is 0.450 e. The van der Waals surface area contributed by atoms with Crippen molar-refractivity contribution in [1.29, 1.82) is 0 Å². The highest BCUT2D eigenvalue weighted by Crippen LogP contribution is 2.42. The Hall–Kier alpha value is -1.75. The van der Waals surface area contributed by atoms with Crippen LogP contribution in [-0.4, -0.2) is 74.4 Å². The van der Waals surface area contributed by atoms with Crippen LogP contribution in [0.15, 0.2) is 32.9 Å². The molecule has 2 fully saturated rings. The number of esters is 1. The fraction of sp³-hybridized carbons (Fsp3) is 0.619. The van der Waals surface area contributed by atoms with Gasteiger partial charge in [0, 0.05) is 38.0 Å². The molecule has 1 spiro atoms. The van der Waals surface area contributed by atoms with E-state index < -0.39 is 21.6 Å². The SMILES string of the molecule is CC1=C(C(=O)NCCCN2CCCC2)C2(CCN(S(=O)(=O)c3cccs3)CC2)OC1=O. The molecule has 4 rings (SSSR count). The van der Waals surface area contributed by atoms with Crippen molar-refractivity contribution in [2.24, 2.45) is 0 Å². The predicted molar refractivity (Wildman–Crippen MR) is 117 cm³/mol. The zero-order valence-corrected chi connectivity index (χ0v) is 19.4. The molecule has 0 atom stereocenters. The van der Waals surface area contributed by atoms with E-state index in [1.807, 2.05) is 0 Å². The summed E-state index contributed by atoms with van der Waals surface area (Å²) in [7, 11) is -3.57. The Bertz CT molecular complexity index is 957. The Balaban J connectivity index is 1.39. The number of ether oxygens (including phenoxy) is 1. The van der Waals surface area contributed by atoms with Crippen LogP contribution in [0.2, 0.25) is 0 Å². The summed E-state index contributed by atoms with van der Waals surface area (Å²) in [6, 6.07) is 3.30. The number of piperidine rings is 1. The first-order valence-electron chi connectivity index (χ1n) is 10.8. The number of nitrogens with one attached hydrogen (secondary N) is 1. The number of hydrogen-bond donors (Lipinski definition) is 1. The quantitative estimate of drug-likeness (QED) is 0.485. The molecule has 0 radical (unpaired) electrons. The monoisotopic (exact) mass is 467 g/mol. The van der Waals surface area contributed by atoms with Crippen LogP contribution in [0, 0.1) is 0 Å². The first-order chi connectivity index (χ1) is 14.8. The number of rotatable bonds is 7. The molecule has 3 aliphatic heterocycles. The molecule has 0 aliphatic carbocycles. The van der Waals surface area contributed by atoms with Crippen molar-refractivity contribution in [3.63, 3.8) is 0 Å². The van der Waals surface area contributed by atoms with Gasteiger partial charge in [0.05, 0.1) is 5.57 Å². The third kappa shape index (κ3) is 4.44. The van der Waals surface area contributed by atoms with Crippen molar-refractivity contribution in [1.82, 2.24) is 14.5 Å². The van der Waals surface area contributed by atoms with E-state index in [0.29, 0.717) is 21.9 Å². The van der Waals surface area contributed by atoms with Crippen LogP contribution in [0.4, 0.5) is 0 Å². The second kappa shape index (κ2) is 9.01. The highest BCUT2D eigenvalue weighted by atomic mass is 32.2. The van der Waals surface area contributed by atoms with Gasteiger partial charge in [-0.3, -0.25) is 4.79 Å². The van der Waals surface area contributed by atoms with Crippen molar-refractivity contribution in [3.8, 4) is 0 Å². The average Bonchev–Trinajstić information content (AvgIpc) is 3.49. The van der Waals surface area contributed by atoms with Crippen molar-refractivity contribution >= 4 is 33.2 Å². The smallest absolute Gasteiger partial charge is 0.335 e. The lowest BCUT2D eigenvalue weighted by molar-refractivity contribution is -0.150. The molecule has 0 bridgehead atoms. The van der Waals surface area contributed by atoms with E-state index >= 15 is 0 Å². The molecule has 8 nitrogen and oxygen atoms in total. The zero-order valence-electron chi connectivity index (χ0n) is 17.8. The third-order valence-corrected chi connectivity index (χ3v) is 9.68. The van der Waals surface area contributed by atoms with Gasteiger partial charge in [0.2, 0.25) is 0 Å². The minimum absolute atomic E-state index is 0.201. The molecule has 0 saturated carbocycles. The first kappa shape index (κ1) is 22.4. The number of likely N-dealkylation sites (tertiary alicyclic amines) is 1. The summed E-state index contributed by atoms with van der Waals surface area (Å²) in [5.74, 6) is -0.767. The number of carbonyl (C=O) groups is 2. The fourth-order valence-electron chi connectivity index (χ4n) is 4.70.